The average molecular weight is 502 g/mol. The van der Waals surface area contributed by atoms with Gasteiger partial charge in [-0.05, 0) is 26.0 Å². The number of hydrogen-bond acceptors (Lipinski definition) is 4. The third-order valence-corrected chi connectivity index (χ3v) is 3.66. The Morgan fingerprint density at radius 1 is 1.21 bits per heavy atom. The van der Waals surface area contributed by atoms with Gasteiger partial charge in [0.2, 0.25) is 0 Å². The predicted molar refractivity (Wildman–Crippen MR) is 118 cm³/mol. The first-order chi connectivity index (χ1) is 13.0. The maximum atomic E-state index is 13.6. The van der Waals surface area contributed by atoms with E-state index in [-0.39, 0.29) is 48.1 Å². The molecule has 0 fully saturated rings. The molecule has 0 saturated heterocycles. The third kappa shape index (κ3) is 7.29. The topological polar surface area (TPSA) is 88.8 Å². The molecule has 1 unspecified atom stereocenters. The lowest BCUT2D eigenvalue weighted by molar-refractivity contribution is -0.385. The quantitative estimate of drug-likeness (QED) is 0.188. The summed E-state index contributed by atoms with van der Waals surface area (Å²) in [6.07, 6.45) is -0.309. The predicted octanol–water partition coefficient (Wildman–Crippen LogP) is 3.87. The minimum atomic E-state index is -0.421. The Hall–Kier alpha value is -2.43. The van der Waals surface area contributed by atoms with Gasteiger partial charge in [0.15, 0.2) is 17.5 Å². The van der Waals surface area contributed by atoms with E-state index in [0.29, 0.717) is 24.6 Å². The Morgan fingerprint density at radius 2 is 1.89 bits per heavy atom. The van der Waals surface area contributed by atoms with Crippen LogP contribution in [0.4, 0.5) is 10.1 Å². The van der Waals surface area contributed by atoms with Crippen LogP contribution in [0.5, 0.6) is 5.75 Å². The van der Waals surface area contributed by atoms with Crippen LogP contribution in [0.2, 0.25) is 0 Å². The van der Waals surface area contributed by atoms with Crippen molar-refractivity contribution >= 4 is 35.6 Å². The monoisotopic (exact) mass is 502 g/mol. The number of guanidine groups is 1. The van der Waals surface area contributed by atoms with E-state index in [2.05, 4.69) is 15.6 Å². The number of benzene rings is 2. The highest BCUT2D eigenvalue weighted by Gasteiger charge is 2.12. The van der Waals surface area contributed by atoms with E-state index in [4.69, 9.17) is 4.74 Å². The van der Waals surface area contributed by atoms with Crippen LogP contribution < -0.4 is 15.4 Å². The summed E-state index contributed by atoms with van der Waals surface area (Å²) >= 11 is 0. The second-order valence-electron chi connectivity index (χ2n) is 5.82. The molecule has 2 rings (SSSR count). The number of nitro benzene ring substituents is 1. The van der Waals surface area contributed by atoms with Gasteiger partial charge in [-0.3, -0.25) is 10.1 Å². The molecule has 152 valence electrons. The number of nitrogens with zero attached hydrogens (tertiary/aromatic N) is 2. The smallest absolute Gasteiger partial charge is 0.274 e. The van der Waals surface area contributed by atoms with Gasteiger partial charge >= 0.3 is 0 Å². The molecule has 9 heteroatoms. The molecule has 7 nitrogen and oxygen atoms in total. The number of nitrogens with one attached hydrogen (secondary N) is 2. The SMILES string of the molecule is CCNC(=NCc1ccccc1[N+](=O)[O-])NCC(C)Oc1ccccc1F.I. The molecule has 1 atom stereocenters. The number of hydrogen-bond donors (Lipinski definition) is 2. The lowest BCUT2D eigenvalue weighted by atomic mass is 10.2. The third-order valence-electron chi connectivity index (χ3n) is 3.66. The van der Waals surface area contributed by atoms with E-state index < -0.39 is 10.7 Å². The van der Waals surface area contributed by atoms with Crippen molar-refractivity contribution in [1.29, 1.82) is 0 Å². The van der Waals surface area contributed by atoms with Crippen molar-refractivity contribution in [2.24, 2.45) is 4.99 Å². The molecule has 0 aliphatic carbocycles. The van der Waals surface area contributed by atoms with Crippen LogP contribution in [-0.2, 0) is 6.54 Å². The Kier molecular flexibility index (Phi) is 10.2. The van der Waals surface area contributed by atoms with Gasteiger partial charge in [-0.1, -0.05) is 30.3 Å². The molecule has 0 aromatic heterocycles. The van der Waals surface area contributed by atoms with E-state index in [1.165, 1.54) is 12.1 Å². The van der Waals surface area contributed by atoms with E-state index in [1.807, 2.05) is 13.8 Å². The molecule has 0 aliphatic rings. The Balaban J connectivity index is 0.00000392. The van der Waals surface area contributed by atoms with Gasteiger partial charge in [0.1, 0.15) is 6.10 Å². The van der Waals surface area contributed by atoms with Crippen molar-refractivity contribution in [3.63, 3.8) is 0 Å². The van der Waals surface area contributed by atoms with Gasteiger partial charge in [-0.15, -0.1) is 24.0 Å². The fourth-order valence-corrected chi connectivity index (χ4v) is 2.37. The first-order valence-corrected chi connectivity index (χ1v) is 8.67. The molecule has 0 heterocycles. The van der Waals surface area contributed by atoms with Gasteiger partial charge in [-0.25, -0.2) is 9.38 Å². The lowest BCUT2D eigenvalue weighted by Gasteiger charge is -2.18. The molecule has 0 spiro atoms. The minimum Gasteiger partial charge on any atom is -0.486 e. The van der Waals surface area contributed by atoms with Crippen LogP contribution in [0.3, 0.4) is 0 Å². The first kappa shape index (κ1) is 23.6. The zero-order valence-corrected chi connectivity index (χ0v) is 18.1. The van der Waals surface area contributed by atoms with Crippen LogP contribution in [0, 0.1) is 15.9 Å². The minimum absolute atomic E-state index is 0. The van der Waals surface area contributed by atoms with E-state index >= 15 is 0 Å². The summed E-state index contributed by atoms with van der Waals surface area (Å²) < 4.78 is 19.2. The highest BCUT2D eigenvalue weighted by molar-refractivity contribution is 14.0. The second-order valence-corrected chi connectivity index (χ2v) is 5.82. The van der Waals surface area contributed by atoms with Gasteiger partial charge < -0.3 is 15.4 Å². The maximum Gasteiger partial charge on any atom is 0.274 e. The standard InChI is InChI=1S/C19H23FN4O3.HI/c1-3-21-19(23-13-15-8-4-6-10-17(15)24(25)26)22-12-14(2)27-18-11-7-5-9-16(18)20;/h4-11,14H,3,12-13H2,1-2H3,(H2,21,22,23);1H. The highest BCUT2D eigenvalue weighted by Crippen LogP contribution is 2.18. The van der Waals surface area contributed by atoms with E-state index in [9.17, 15) is 14.5 Å². The highest BCUT2D eigenvalue weighted by atomic mass is 127. The van der Waals surface area contributed by atoms with Crippen molar-refractivity contribution in [1.82, 2.24) is 10.6 Å². The Morgan fingerprint density at radius 3 is 2.57 bits per heavy atom. The fraction of sp³-hybridized carbons (Fsp3) is 0.316. The zero-order valence-electron chi connectivity index (χ0n) is 15.7. The number of para-hydroxylation sites is 2. The largest absolute Gasteiger partial charge is 0.486 e. The van der Waals surface area contributed by atoms with Gasteiger partial charge in [0.25, 0.3) is 5.69 Å². The summed E-state index contributed by atoms with van der Waals surface area (Å²) in [7, 11) is 0. The van der Waals surface area contributed by atoms with Crippen molar-refractivity contribution < 1.29 is 14.1 Å². The average Bonchev–Trinajstić information content (AvgIpc) is 2.66. The number of ether oxygens (including phenoxy) is 1. The molecule has 2 aromatic rings. The molecule has 2 aromatic carbocycles. The number of aliphatic imine (C=N–C) groups is 1. The number of rotatable bonds is 8. The van der Waals surface area contributed by atoms with Crippen LogP contribution in [0.15, 0.2) is 53.5 Å². The van der Waals surface area contributed by atoms with Crippen molar-refractivity contribution in [3.05, 3.63) is 70.0 Å². The van der Waals surface area contributed by atoms with Crippen LogP contribution in [-0.4, -0.2) is 30.1 Å². The van der Waals surface area contributed by atoms with Gasteiger partial charge in [0.05, 0.1) is 23.6 Å². The first-order valence-electron chi connectivity index (χ1n) is 8.67. The normalized spacial score (nSPS) is 11.9. The van der Waals surface area contributed by atoms with Gasteiger partial charge in [0, 0.05) is 12.6 Å². The van der Waals surface area contributed by atoms with Gasteiger partial charge in [-0.2, -0.15) is 0 Å². The molecule has 2 N–H and O–H groups in total. The van der Waals surface area contributed by atoms with Crippen LogP contribution in [0.25, 0.3) is 0 Å². The fourth-order valence-electron chi connectivity index (χ4n) is 2.37. The summed E-state index contributed by atoms with van der Waals surface area (Å²) in [5.74, 6) is 0.273. The molecule has 0 aliphatic heterocycles. The summed E-state index contributed by atoms with van der Waals surface area (Å²) in [5.41, 5.74) is 0.559. The molecule has 0 radical (unpaired) electrons. The van der Waals surface area contributed by atoms with Crippen LogP contribution in [0.1, 0.15) is 19.4 Å². The summed E-state index contributed by atoms with van der Waals surface area (Å²) in [6.45, 7) is 4.91. The summed E-state index contributed by atoms with van der Waals surface area (Å²) in [4.78, 5) is 15.0. The molecular formula is C19H24FIN4O3. The number of nitro groups is 1. The van der Waals surface area contributed by atoms with E-state index in [0.717, 1.165) is 0 Å². The maximum absolute atomic E-state index is 13.6. The molecule has 0 saturated carbocycles. The van der Waals surface area contributed by atoms with Crippen molar-refractivity contribution in [3.8, 4) is 5.75 Å². The zero-order chi connectivity index (χ0) is 19.6. The van der Waals surface area contributed by atoms with Crippen LogP contribution >= 0.6 is 24.0 Å². The lowest BCUT2D eigenvalue weighted by Crippen LogP contribution is -2.41. The molecule has 28 heavy (non-hydrogen) atoms. The summed E-state index contributed by atoms with van der Waals surface area (Å²) in [5, 5.41) is 17.3. The molecule has 0 bridgehead atoms. The Bertz CT molecular complexity index is 804. The molecular weight excluding hydrogens is 478 g/mol. The summed E-state index contributed by atoms with van der Waals surface area (Å²) in [6, 6.07) is 12.7. The Labute approximate surface area is 180 Å². The molecule has 0 amide bonds. The van der Waals surface area contributed by atoms with Crippen molar-refractivity contribution in [2.45, 2.75) is 26.5 Å². The van der Waals surface area contributed by atoms with E-state index in [1.54, 1.807) is 36.4 Å². The number of halogens is 2. The van der Waals surface area contributed by atoms with Crippen molar-refractivity contribution in [2.75, 3.05) is 13.1 Å². The second kappa shape index (κ2) is 12.1.